The summed E-state index contributed by atoms with van der Waals surface area (Å²) in [5.74, 6) is -1.94. The molecule has 0 atom stereocenters. The Labute approximate surface area is 118 Å². The Hall–Kier alpha value is -1.15. The van der Waals surface area contributed by atoms with E-state index in [-0.39, 0.29) is 10.6 Å². The smallest absolute Gasteiger partial charge is 0.179 e. The van der Waals surface area contributed by atoms with E-state index in [0.29, 0.717) is 0 Å². The zero-order chi connectivity index (χ0) is 15.8. The number of hydrogen-bond acceptors (Lipinski definition) is 5. The van der Waals surface area contributed by atoms with E-state index in [1.54, 1.807) is 0 Å². The first-order valence-electron chi connectivity index (χ1n) is 5.87. The highest BCUT2D eigenvalue weighted by atomic mass is 32.2. The molecule has 0 spiro atoms. The SMILES string of the molecule is CC(C)(C)S(=O)(=O)CCS(=O)(=O)c1ccc(N)c(F)c1. The summed E-state index contributed by atoms with van der Waals surface area (Å²) in [5, 5.41) is 0. The van der Waals surface area contributed by atoms with Gasteiger partial charge in [0.05, 0.1) is 26.8 Å². The van der Waals surface area contributed by atoms with Gasteiger partial charge in [0.25, 0.3) is 0 Å². The Bertz CT molecular complexity index is 703. The minimum atomic E-state index is -3.87. The molecule has 5 nitrogen and oxygen atoms in total. The van der Waals surface area contributed by atoms with Crippen molar-refractivity contribution in [3.63, 3.8) is 0 Å². The molecule has 0 aliphatic carbocycles. The number of sulfone groups is 2. The van der Waals surface area contributed by atoms with Gasteiger partial charge in [-0.15, -0.1) is 0 Å². The van der Waals surface area contributed by atoms with Crippen LogP contribution >= 0.6 is 0 Å². The Morgan fingerprint density at radius 1 is 1.10 bits per heavy atom. The normalized spacial score (nSPS) is 13.4. The van der Waals surface area contributed by atoms with Crippen molar-refractivity contribution in [2.45, 2.75) is 30.4 Å². The van der Waals surface area contributed by atoms with Gasteiger partial charge in [-0.25, -0.2) is 21.2 Å². The maximum Gasteiger partial charge on any atom is 0.179 e. The molecule has 20 heavy (non-hydrogen) atoms. The number of anilines is 1. The molecule has 8 heteroatoms. The molecule has 114 valence electrons. The van der Waals surface area contributed by atoms with Crippen LogP contribution in [0.2, 0.25) is 0 Å². The molecule has 0 amide bonds. The number of nitrogens with two attached hydrogens (primary N) is 1. The minimum absolute atomic E-state index is 0.161. The summed E-state index contributed by atoms with van der Waals surface area (Å²) >= 11 is 0. The van der Waals surface area contributed by atoms with Gasteiger partial charge in [0.2, 0.25) is 0 Å². The second-order valence-corrected chi connectivity index (χ2v) is 10.4. The Kier molecular flexibility index (Phi) is 4.50. The highest BCUT2D eigenvalue weighted by molar-refractivity contribution is 7.95. The number of rotatable bonds is 4. The summed E-state index contributed by atoms with van der Waals surface area (Å²) in [6.07, 6.45) is 0. The van der Waals surface area contributed by atoms with Crippen LogP contribution in [0.25, 0.3) is 0 Å². The molecule has 0 heterocycles. The number of benzene rings is 1. The summed E-state index contributed by atoms with van der Waals surface area (Å²) in [6, 6.07) is 3.10. The second kappa shape index (κ2) is 5.33. The van der Waals surface area contributed by atoms with Gasteiger partial charge < -0.3 is 5.73 Å². The van der Waals surface area contributed by atoms with E-state index >= 15 is 0 Å². The van der Waals surface area contributed by atoms with Crippen LogP contribution in [0.1, 0.15) is 20.8 Å². The molecule has 0 unspecified atom stereocenters. The average molecular weight is 323 g/mol. The fraction of sp³-hybridized carbons (Fsp3) is 0.500. The Morgan fingerprint density at radius 2 is 1.65 bits per heavy atom. The molecule has 1 aromatic carbocycles. The van der Waals surface area contributed by atoms with E-state index in [2.05, 4.69) is 0 Å². The lowest BCUT2D eigenvalue weighted by atomic mass is 10.3. The predicted molar refractivity (Wildman–Crippen MR) is 76.4 cm³/mol. The molecule has 0 aliphatic heterocycles. The highest BCUT2D eigenvalue weighted by Crippen LogP contribution is 2.20. The topological polar surface area (TPSA) is 94.3 Å². The molecule has 0 aliphatic rings. The first kappa shape index (κ1) is 16.9. The summed E-state index contributed by atoms with van der Waals surface area (Å²) in [5.41, 5.74) is 5.11. The van der Waals surface area contributed by atoms with Crippen molar-refractivity contribution < 1.29 is 21.2 Å². The van der Waals surface area contributed by atoms with Crippen LogP contribution in [-0.4, -0.2) is 33.1 Å². The van der Waals surface area contributed by atoms with Crippen LogP contribution in [-0.2, 0) is 19.7 Å². The summed E-state index contributed by atoms with van der Waals surface area (Å²) in [4.78, 5) is -0.270. The van der Waals surface area contributed by atoms with Crippen molar-refractivity contribution in [1.82, 2.24) is 0 Å². The molecule has 1 aromatic rings. The predicted octanol–water partition coefficient (Wildman–Crippen LogP) is 1.39. The first-order valence-corrected chi connectivity index (χ1v) is 9.17. The first-order chi connectivity index (χ1) is 8.87. The molecular formula is C12H18FNO4S2. The summed E-state index contributed by atoms with van der Waals surface area (Å²) < 4.78 is 60.0. The zero-order valence-electron chi connectivity index (χ0n) is 11.6. The largest absolute Gasteiger partial charge is 0.396 e. The lowest BCUT2D eigenvalue weighted by Crippen LogP contribution is -2.33. The van der Waals surface area contributed by atoms with E-state index in [1.807, 2.05) is 0 Å². The van der Waals surface area contributed by atoms with Gasteiger partial charge in [-0.05, 0) is 39.0 Å². The standard InChI is InChI=1S/C12H18FNO4S2/c1-12(2,3)20(17,18)7-6-19(15,16)9-4-5-11(14)10(13)8-9/h4-5,8H,6-7,14H2,1-3H3. The molecule has 0 radical (unpaired) electrons. The minimum Gasteiger partial charge on any atom is -0.396 e. The van der Waals surface area contributed by atoms with Crippen LogP contribution in [0.4, 0.5) is 10.1 Å². The monoisotopic (exact) mass is 323 g/mol. The summed E-state index contributed by atoms with van der Waals surface area (Å²) in [6.45, 7) is 4.49. The average Bonchev–Trinajstić information content (AvgIpc) is 2.29. The lowest BCUT2D eigenvalue weighted by molar-refractivity contribution is 0.559. The van der Waals surface area contributed by atoms with Gasteiger partial charge in [0.1, 0.15) is 5.82 Å². The summed E-state index contributed by atoms with van der Waals surface area (Å²) in [7, 11) is -7.42. The van der Waals surface area contributed by atoms with E-state index < -0.39 is 41.7 Å². The van der Waals surface area contributed by atoms with Gasteiger partial charge in [-0.1, -0.05) is 0 Å². The maximum atomic E-state index is 13.3. The maximum absolute atomic E-state index is 13.3. The third kappa shape index (κ3) is 3.69. The van der Waals surface area contributed by atoms with Crippen molar-refractivity contribution in [2.24, 2.45) is 0 Å². The number of halogens is 1. The molecule has 0 saturated heterocycles. The highest BCUT2D eigenvalue weighted by Gasteiger charge is 2.30. The van der Waals surface area contributed by atoms with Crippen molar-refractivity contribution in [2.75, 3.05) is 17.2 Å². The van der Waals surface area contributed by atoms with Gasteiger partial charge in [0.15, 0.2) is 19.7 Å². The number of nitrogen functional groups attached to an aromatic ring is 1. The van der Waals surface area contributed by atoms with Crippen molar-refractivity contribution in [3.8, 4) is 0 Å². The van der Waals surface area contributed by atoms with E-state index in [1.165, 1.54) is 20.8 Å². The van der Waals surface area contributed by atoms with Crippen molar-refractivity contribution in [3.05, 3.63) is 24.0 Å². The van der Waals surface area contributed by atoms with Crippen LogP contribution in [0, 0.1) is 5.82 Å². The molecule has 0 aromatic heterocycles. The van der Waals surface area contributed by atoms with Gasteiger partial charge in [-0.3, -0.25) is 0 Å². The fourth-order valence-corrected chi connectivity index (χ4v) is 4.51. The van der Waals surface area contributed by atoms with Crippen LogP contribution in [0.5, 0.6) is 0 Å². The van der Waals surface area contributed by atoms with E-state index in [4.69, 9.17) is 5.73 Å². The van der Waals surface area contributed by atoms with Gasteiger partial charge >= 0.3 is 0 Å². The molecular weight excluding hydrogens is 305 g/mol. The van der Waals surface area contributed by atoms with Crippen LogP contribution < -0.4 is 5.73 Å². The zero-order valence-corrected chi connectivity index (χ0v) is 13.2. The molecule has 2 N–H and O–H groups in total. The second-order valence-electron chi connectivity index (χ2n) is 5.43. The molecule has 0 fully saturated rings. The van der Waals surface area contributed by atoms with Gasteiger partial charge in [0, 0.05) is 0 Å². The van der Waals surface area contributed by atoms with Gasteiger partial charge in [-0.2, -0.15) is 0 Å². The van der Waals surface area contributed by atoms with Crippen molar-refractivity contribution in [1.29, 1.82) is 0 Å². The lowest BCUT2D eigenvalue weighted by Gasteiger charge is -2.18. The van der Waals surface area contributed by atoms with Crippen LogP contribution in [0.15, 0.2) is 23.1 Å². The third-order valence-corrected chi connectivity index (χ3v) is 7.46. The molecule has 0 bridgehead atoms. The fourth-order valence-electron chi connectivity index (χ4n) is 1.34. The van der Waals surface area contributed by atoms with E-state index in [9.17, 15) is 21.2 Å². The van der Waals surface area contributed by atoms with Crippen molar-refractivity contribution >= 4 is 25.4 Å². The third-order valence-electron chi connectivity index (χ3n) is 2.88. The molecule has 1 rings (SSSR count). The van der Waals surface area contributed by atoms with Crippen LogP contribution in [0.3, 0.4) is 0 Å². The quantitative estimate of drug-likeness (QED) is 0.845. The Morgan fingerprint density at radius 3 is 2.10 bits per heavy atom. The number of hydrogen-bond donors (Lipinski definition) is 1. The van der Waals surface area contributed by atoms with E-state index in [0.717, 1.165) is 18.2 Å². The Balaban J connectivity index is 3.00. The molecule has 0 saturated carbocycles.